The van der Waals surface area contributed by atoms with Crippen molar-refractivity contribution in [2.45, 2.75) is 26.2 Å². The maximum atomic E-state index is 11.4. The normalized spacial score (nSPS) is 19.1. The van der Waals surface area contributed by atoms with E-state index in [2.05, 4.69) is 10.3 Å². The number of primary amides is 1. The Hall–Kier alpha value is -1.62. The molecule has 0 aromatic carbocycles. The predicted octanol–water partition coefficient (Wildman–Crippen LogP) is 1.26. The Bertz CT molecular complexity index is 442. The Morgan fingerprint density at radius 1 is 1.63 bits per heavy atom. The number of amides is 1. The van der Waals surface area contributed by atoms with Gasteiger partial charge in [0.15, 0.2) is 0 Å². The van der Waals surface area contributed by atoms with Crippen LogP contribution in [0.15, 0.2) is 12.3 Å². The SMILES string of the molecule is Cc1ccnc(OCCC2CCCNC2)c1C(N)=O. The van der Waals surface area contributed by atoms with Crippen molar-refractivity contribution in [3.63, 3.8) is 0 Å². The summed E-state index contributed by atoms with van der Waals surface area (Å²) in [7, 11) is 0. The number of nitrogens with one attached hydrogen (secondary N) is 1. The van der Waals surface area contributed by atoms with Crippen LogP contribution in [0.4, 0.5) is 0 Å². The number of hydrogen-bond donors (Lipinski definition) is 2. The molecule has 0 bridgehead atoms. The van der Waals surface area contributed by atoms with Crippen molar-refractivity contribution in [2.75, 3.05) is 19.7 Å². The molecule has 1 saturated heterocycles. The summed E-state index contributed by atoms with van der Waals surface area (Å²) in [5.74, 6) is 0.520. The number of carbonyl (C=O) groups is 1. The van der Waals surface area contributed by atoms with Crippen LogP contribution in [-0.2, 0) is 0 Å². The van der Waals surface area contributed by atoms with E-state index in [0.29, 0.717) is 24.0 Å². The van der Waals surface area contributed by atoms with Gasteiger partial charge in [-0.05, 0) is 56.8 Å². The molecule has 1 atom stereocenters. The lowest BCUT2D eigenvalue weighted by molar-refractivity contribution is 0.0994. The van der Waals surface area contributed by atoms with E-state index in [1.807, 2.05) is 6.92 Å². The number of aryl methyl sites for hydroxylation is 1. The molecule has 1 amide bonds. The summed E-state index contributed by atoms with van der Waals surface area (Å²) in [5, 5.41) is 3.38. The smallest absolute Gasteiger partial charge is 0.254 e. The van der Waals surface area contributed by atoms with E-state index in [-0.39, 0.29) is 0 Å². The molecule has 0 saturated carbocycles. The Labute approximate surface area is 113 Å². The van der Waals surface area contributed by atoms with E-state index in [0.717, 1.165) is 25.1 Å². The molecule has 1 aliphatic rings. The third-order valence-electron chi connectivity index (χ3n) is 3.53. The summed E-state index contributed by atoms with van der Waals surface area (Å²) < 4.78 is 5.64. The predicted molar refractivity (Wildman–Crippen MR) is 73.2 cm³/mol. The number of aromatic nitrogens is 1. The van der Waals surface area contributed by atoms with Crippen molar-refractivity contribution in [3.05, 3.63) is 23.4 Å². The van der Waals surface area contributed by atoms with Crippen LogP contribution in [0.2, 0.25) is 0 Å². The largest absolute Gasteiger partial charge is 0.477 e. The number of rotatable bonds is 5. The van der Waals surface area contributed by atoms with Gasteiger partial charge in [0.2, 0.25) is 5.88 Å². The van der Waals surface area contributed by atoms with Crippen LogP contribution in [0.3, 0.4) is 0 Å². The van der Waals surface area contributed by atoms with Gasteiger partial charge >= 0.3 is 0 Å². The van der Waals surface area contributed by atoms with E-state index in [4.69, 9.17) is 10.5 Å². The molecule has 104 valence electrons. The molecule has 5 heteroatoms. The fourth-order valence-electron chi connectivity index (χ4n) is 2.44. The molecular weight excluding hydrogens is 242 g/mol. The number of ether oxygens (including phenoxy) is 1. The minimum atomic E-state index is -0.486. The van der Waals surface area contributed by atoms with Gasteiger partial charge in [-0.2, -0.15) is 0 Å². The lowest BCUT2D eigenvalue weighted by Crippen LogP contribution is -2.30. The summed E-state index contributed by atoms with van der Waals surface area (Å²) in [4.78, 5) is 15.5. The Balaban J connectivity index is 1.92. The van der Waals surface area contributed by atoms with Gasteiger partial charge in [0.05, 0.1) is 6.61 Å². The maximum absolute atomic E-state index is 11.4. The van der Waals surface area contributed by atoms with Crippen LogP contribution >= 0.6 is 0 Å². The maximum Gasteiger partial charge on any atom is 0.254 e. The average molecular weight is 263 g/mol. The second-order valence-electron chi connectivity index (χ2n) is 5.02. The van der Waals surface area contributed by atoms with Crippen molar-refractivity contribution in [1.82, 2.24) is 10.3 Å². The standard InChI is InChI=1S/C14H21N3O2/c1-10-4-7-17-14(12(10)13(15)18)19-8-5-11-3-2-6-16-9-11/h4,7,11,16H,2-3,5-6,8-9H2,1H3,(H2,15,18). The number of nitrogens with zero attached hydrogens (tertiary/aromatic N) is 1. The Morgan fingerprint density at radius 3 is 3.16 bits per heavy atom. The van der Waals surface area contributed by atoms with Gasteiger partial charge in [-0.3, -0.25) is 4.79 Å². The molecule has 3 N–H and O–H groups in total. The van der Waals surface area contributed by atoms with Crippen LogP contribution in [0.1, 0.15) is 35.2 Å². The van der Waals surface area contributed by atoms with E-state index >= 15 is 0 Å². The molecule has 2 rings (SSSR count). The Morgan fingerprint density at radius 2 is 2.47 bits per heavy atom. The first kappa shape index (κ1) is 13.8. The van der Waals surface area contributed by atoms with E-state index < -0.39 is 5.91 Å². The van der Waals surface area contributed by atoms with Crippen LogP contribution in [0.5, 0.6) is 5.88 Å². The number of nitrogens with two attached hydrogens (primary N) is 1. The minimum Gasteiger partial charge on any atom is -0.477 e. The van der Waals surface area contributed by atoms with Crippen molar-refractivity contribution in [1.29, 1.82) is 0 Å². The lowest BCUT2D eigenvalue weighted by Gasteiger charge is -2.22. The number of hydrogen-bond acceptors (Lipinski definition) is 4. The van der Waals surface area contributed by atoms with Crippen molar-refractivity contribution in [2.24, 2.45) is 11.7 Å². The summed E-state index contributed by atoms with van der Waals surface area (Å²) in [6.07, 6.45) is 5.07. The van der Waals surface area contributed by atoms with Gasteiger partial charge in [0.25, 0.3) is 5.91 Å². The zero-order valence-corrected chi connectivity index (χ0v) is 11.3. The summed E-state index contributed by atoms with van der Waals surface area (Å²) in [6, 6.07) is 1.76. The van der Waals surface area contributed by atoms with Gasteiger partial charge in [0.1, 0.15) is 5.56 Å². The fourth-order valence-corrected chi connectivity index (χ4v) is 2.44. The number of piperidine rings is 1. The molecule has 0 radical (unpaired) electrons. The number of carbonyl (C=O) groups excluding carboxylic acids is 1. The quantitative estimate of drug-likeness (QED) is 0.838. The van der Waals surface area contributed by atoms with Crippen molar-refractivity contribution < 1.29 is 9.53 Å². The van der Waals surface area contributed by atoms with E-state index in [1.165, 1.54) is 12.8 Å². The number of pyridine rings is 1. The molecule has 19 heavy (non-hydrogen) atoms. The first-order valence-electron chi connectivity index (χ1n) is 6.77. The third kappa shape index (κ3) is 3.67. The molecule has 1 aliphatic heterocycles. The second kappa shape index (κ2) is 6.52. The van der Waals surface area contributed by atoms with Crippen LogP contribution in [-0.4, -0.2) is 30.6 Å². The van der Waals surface area contributed by atoms with Gasteiger partial charge in [-0.1, -0.05) is 0 Å². The highest BCUT2D eigenvalue weighted by atomic mass is 16.5. The van der Waals surface area contributed by atoms with Crippen LogP contribution < -0.4 is 15.8 Å². The molecule has 0 spiro atoms. The first-order valence-corrected chi connectivity index (χ1v) is 6.77. The van der Waals surface area contributed by atoms with Crippen molar-refractivity contribution in [3.8, 4) is 5.88 Å². The van der Waals surface area contributed by atoms with Crippen LogP contribution in [0.25, 0.3) is 0 Å². The lowest BCUT2D eigenvalue weighted by atomic mass is 9.97. The van der Waals surface area contributed by atoms with Gasteiger partial charge in [0, 0.05) is 6.20 Å². The molecule has 0 aliphatic carbocycles. The summed E-state index contributed by atoms with van der Waals surface area (Å²) in [6.45, 7) is 4.57. The van der Waals surface area contributed by atoms with Gasteiger partial charge in [-0.15, -0.1) is 0 Å². The molecular formula is C14H21N3O2. The fraction of sp³-hybridized carbons (Fsp3) is 0.571. The third-order valence-corrected chi connectivity index (χ3v) is 3.53. The molecule has 1 fully saturated rings. The average Bonchev–Trinajstić information content (AvgIpc) is 2.39. The molecule has 2 heterocycles. The zero-order valence-electron chi connectivity index (χ0n) is 11.3. The summed E-state index contributed by atoms with van der Waals surface area (Å²) in [5.41, 5.74) is 6.56. The first-order chi connectivity index (χ1) is 9.18. The highest BCUT2D eigenvalue weighted by Gasteiger charge is 2.16. The Kier molecular flexibility index (Phi) is 4.74. The minimum absolute atomic E-state index is 0.358. The van der Waals surface area contributed by atoms with Crippen LogP contribution in [0, 0.1) is 12.8 Å². The summed E-state index contributed by atoms with van der Waals surface area (Å²) >= 11 is 0. The van der Waals surface area contributed by atoms with E-state index in [1.54, 1.807) is 12.3 Å². The molecule has 5 nitrogen and oxygen atoms in total. The highest BCUT2D eigenvalue weighted by molar-refractivity contribution is 5.96. The topological polar surface area (TPSA) is 77.2 Å². The van der Waals surface area contributed by atoms with Crippen molar-refractivity contribution >= 4 is 5.91 Å². The zero-order chi connectivity index (χ0) is 13.7. The molecule has 1 aromatic rings. The molecule has 1 aromatic heterocycles. The highest BCUT2D eigenvalue weighted by Crippen LogP contribution is 2.20. The monoisotopic (exact) mass is 263 g/mol. The van der Waals surface area contributed by atoms with Gasteiger partial charge in [-0.25, -0.2) is 4.98 Å². The molecule has 1 unspecified atom stereocenters. The van der Waals surface area contributed by atoms with Gasteiger partial charge < -0.3 is 15.8 Å². The second-order valence-corrected chi connectivity index (χ2v) is 5.02. The van der Waals surface area contributed by atoms with E-state index in [9.17, 15) is 4.79 Å².